The highest BCUT2D eigenvalue weighted by Gasteiger charge is 2.18. The van der Waals surface area contributed by atoms with E-state index >= 15 is 0 Å². The van der Waals surface area contributed by atoms with Crippen molar-refractivity contribution < 1.29 is 4.74 Å². The number of methoxy groups -OCH3 is 1. The standard InChI is InChI=1S/C20H25N3OS/c1-5-25-18-8-6-7-16(13-24-4)19(18)22-20(23-25)21-17-11-9-15(10-12-17)14(2)3/h5-12,14H,13H2,1-4H3,(H2,21,22,23). The monoisotopic (exact) mass is 355 g/mol. The van der Waals surface area contributed by atoms with Crippen molar-refractivity contribution >= 4 is 33.4 Å². The van der Waals surface area contributed by atoms with Crippen LogP contribution in [0.3, 0.4) is 0 Å². The Morgan fingerprint density at radius 2 is 1.96 bits per heavy atom. The lowest BCUT2D eigenvalue weighted by Crippen LogP contribution is -2.25. The molecule has 0 bridgehead atoms. The normalized spacial score (nSPS) is 16.4. The van der Waals surface area contributed by atoms with Crippen LogP contribution < -0.4 is 10.6 Å². The summed E-state index contributed by atoms with van der Waals surface area (Å²) in [5.74, 6) is 1.30. The van der Waals surface area contributed by atoms with Crippen molar-refractivity contribution in [1.82, 2.24) is 0 Å². The van der Waals surface area contributed by atoms with Gasteiger partial charge in [-0.25, -0.2) is 0 Å². The van der Waals surface area contributed by atoms with Gasteiger partial charge in [-0.15, -0.1) is 0 Å². The quantitative estimate of drug-likeness (QED) is 0.740. The molecule has 2 aromatic carbocycles. The lowest BCUT2D eigenvalue weighted by Gasteiger charge is -2.24. The number of nitrogens with one attached hydrogen (secondary N) is 2. The maximum absolute atomic E-state index is 5.34. The molecule has 3 rings (SSSR count). The molecule has 0 amide bonds. The highest BCUT2D eigenvalue weighted by Crippen LogP contribution is 2.39. The van der Waals surface area contributed by atoms with Crippen molar-refractivity contribution in [3.8, 4) is 0 Å². The van der Waals surface area contributed by atoms with Crippen LogP contribution in [0.15, 0.2) is 51.8 Å². The minimum Gasteiger partial charge on any atom is -0.380 e. The zero-order valence-corrected chi connectivity index (χ0v) is 16.0. The van der Waals surface area contributed by atoms with Crippen molar-refractivity contribution in [2.75, 3.05) is 17.7 Å². The van der Waals surface area contributed by atoms with Crippen LogP contribution in [0.5, 0.6) is 0 Å². The van der Waals surface area contributed by atoms with E-state index in [-0.39, 0.29) is 10.7 Å². The van der Waals surface area contributed by atoms with Crippen molar-refractivity contribution in [3.05, 3.63) is 53.6 Å². The van der Waals surface area contributed by atoms with E-state index < -0.39 is 0 Å². The third-order valence-electron chi connectivity index (χ3n) is 4.13. The molecule has 1 heterocycles. The van der Waals surface area contributed by atoms with E-state index in [9.17, 15) is 0 Å². The Kier molecular flexibility index (Phi) is 5.56. The number of para-hydroxylation sites is 1. The Hall–Kier alpha value is -2.11. The molecule has 1 atom stereocenters. The minimum absolute atomic E-state index is 0.273. The SMILES string of the molecule is C/C=S1\N=C(Nc2ccc(C(C)C)cc2)Nc2c(COC)cccc21. The predicted octanol–water partition coefficient (Wildman–Crippen LogP) is 5.21. The van der Waals surface area contributed by atoms with Crippen LogP contribution in [0, 0.1) is 0 Å². The van der Waals surface area contributed by atoms with Crippen LogP contribution in [0.1, 0.15) is 37.8 Å². The molecular formula is C20H25N3OS. The summed E-state index contributed by atoms with van der Waals surface area (Å²) >= 11 is 0. The third kappa shape index (κ3) is 3.94. The maximum atomic E-state index is 5.34. The summed E-state index contributed by atoms with van der Waals surface area (Å²) in [5.41, 5.74) is 4.60. The van der Waals surface area contributed by atoms with Gasteiger partial charge in [0.2, 0.25) is 5.96 Å². The molecule has 1 aliphatic heterocycles. The summed E-state index contributed by atoms with van der Waals surface area (Å²) in [6.45, 7) is 7.03. The Morgan fingerprint density at radius 3 is 2.60 bits per heavy atom. The summed E-state index contributed by atoms with van der Waals surface area (Å²) in [7, 11) is 1.45. The molecule has 132 valence electrons. The van der Waals surface area contributed by atoms with Crippen LogP contribution in [0.4, 0.5) is 11.4 Å². The molecule has 1 unspecified atom stereocenters. The molecule has 4 nitrogen and oxygen atoms in total. The van der Waals surface area contributed by atoms with Crippen molar-refractivity contribution in [2.45, 2.75) is 38.2 Å². The van der Waals surface area contributed by atoms with Gasteiger partial charge in [0.05, 0.1) is 12.3 Å². The van der Waals surface area contributed by atoms with E-state index in [1.54, 1.807) is 7.11 Å². The van der Waals surface area contributed by atoms with E-state index in [0.29, 0.717) is 12.5 Å². The van der Waals surface area contributed by atoms with Gasteiger partial charge in [0.15, 0.2) is 0 Å². The van der Waals surface area contributed by atoms with Crippen molar-refractivity contribution in [2.24, 2.45) is 4.40 Å². The molecule has 5 heteroatoms. The van der Waals surface area contributed by atoms with Crippen LogP contribution in [-0.2, 0) is 11.3 Å². The zero-order chi connectivity index (χ0) is 17.8. The minimum atomic E-state index is -0.273. The first kappa shape index (κ1) is 17.7. The average molecular weight is 356 g/mol. The molecular weight excluding hydrogens is 330 g/mol. The maximum Gasteiger partial charge on any atom is 0.211 e. The topological polar surface area (TPSA) is 45.7 Å². The fourth-order valence-electron chi connectivity index (χ4n) is 2.78. The zero-order valence-electron chi connectivity index (χ0n) is 15.2. The highest BCUT2D eigenvalue weighted by molar-refractivity contribution is 8.14. The molecule has 0 radical (unpaired) electrons. The molecule has 2 aromatic rings. The van der Waals surface area contributed by atoms with Crippen molar-refractivity contribution in [1.29, 1.82) is 0 Å². The number of guanidine groups is 1. The van der Waals surface area contributed by atoms with E-state index in [1.165, 1.54) is 10.5 Å². The third-order valence-corrected chi connectivity index (χ3v) is 5.75. The average Bonchev–Trinajstić information content (AvgIpc) is 2.62. The van der Waals surface area contributed by atoms with Gasteiger partial charge in [-0.1, -0.05) is 38.1 Å². The number of hydrogen-bond acceptors (Lipinski definition) is 4. The second-order valence-corrected chi connectivity index (χ2v) is 7.96. The molecule has 0 spiro atoms. The van der Waals surface area contributed by atoms with E-state index in [1.807, 2.05) is 0 Å². The molecule has 2 N–H and O–H groups in total. The Labute approximate surface area is 152 Å². The number of ether oxygens (including phenoxy) is 1. The lowest BCUT2D eigenvalue weighted by molar-refractivity contribution is 0.185. The molecule has 0 aromatic heterocycles. The first-order chi connectivity index (χ1) is 12.1. The molecule has 0 saturated carbocycles. The molecule has 0 saturated heterocycles. The lowest BCUT2D eigenvalue weighted by atomic mass is 10.0. The molecule has 0 fully saturated rings. The molecule has 1 aliphatic rings. The summed E-state index contributed by atoms with van der Waals surface area (Å²) in [5, 5.41) is 8.99. The summed E-state index contributed by atoms with van der Waals surface area (Å²) in [4.78, 5) is 1.21. The number of benzene rings is 2. The predicted molar refractivity (Wildman–Crippen MR) is 110 cm³/mol. The van der Waals surface area contributed by atoms with Crippen LogP contribution in [-0.4, -0.2) is 18.4 Å². The van der Waals surface area contributed by atoms with Gasteiger partial charge in [-0.05, 0) is 52.6 Å². The van der Waals surface area contributed by atoms with E-state index in [4.69, 9.17) is 9.13 Å². The fraction of sp³-hybridized carbons (Fsp3) is 0.300. The Morgan fingerprint density at radius 1 is 1.20 bits per heavy atom. The largest absolute Gasteiger partial charge is 0.380 e. The van der Waals surface area contributed by atoms with Crippen molar-refractivity contribution in [3.63, 3.8) is 0 Å². The number of rotatable bonds is 4. The van der Waals surface area contributed by atoms with Crippen LogP contribution in [0.25, 0.3) is 0 Å². The summed E-state index contributed by atoms with van der Waals surface area (Å²) in [6, 6.07) is 14.8. The summed E-state index contributed by atoms with van der Waals surface area (Å²) < 4.78 is 10.2. The molecule has 25 heavy (non-hydrogen) atoms. The van der Waals surface area contributed by atoms with Gasteiger partial charge in [0.25, 0.3) is 0 Å². The first-order valence-corrected chi connectivity index (χ1v) is 9.73. The Bertz CT molecular complexity index is 810. The van der Waals surface area contributed by atoms with Gasteiger partial charge in [-0.3, -0.25) is 0 Å². The highest BCUT2D eigenvalue weighted by atomic mass is 32.2. The second kappa shape index (κ2) is 7.85. The first-order valence-electron chi connectivity index (χ1n) is 8.48. The smallest absolute Gasteiger partial charge is 0.211 e. The Balaban J connectivity index is 1.88. The number of hydrogen-bond donors (Lipinski definition) is 2. The molecule has 0 aliphatic carbocycles. The fourth-order valence-corrected chi connectivity index (χ4v) is 4.13. The van der Waals surface area contributed by atoms with Gasteiger partial charge >= 0.3 is 0 Å². The van der Waals surface area contributed by atoms with Crippen LogP contribution >= 0.6 is 10.7 Å². The summed E-state index contributed by atoms with van der Waals surface area (Å²) in [6.07, 6.45) is 0. The van der Waals surface area contributed by atoms with E-state index in [2.05, 4.69) is 79.2 Å². The van der Waals surface area contributed by atoms with Crippen LogP contribution in [0.2, 0.25) is 0 Å². The number of fused-ring (bicyclic) bond motifs is 1. The van der Waals surface area contributed by atoms with Gasteiger partial charge in [-0.2, -0.15) is 4.40 Å². The van der Waals surface area contributed by atoms with Gasteiger partial charge < -0.3 is 15.4 Å². The number of nitrogens with zero attached hydrogens (tertiary/aromatic N) is 1. The second-order valence-electron chi connectivity index (χ2n) is 6.24. The van der Waals surface area contributed by atoms with E-state index in [0.717, 1.165) is 22.9 Å². The van der Waals surface area contributed by atoms with Gasteiger partial charge in [0, 0.05) is 23.3 Å². The van der Waals surface area contributed by atoms with Gasteiger partial charge in [0.1, 0.15) is 0 Å². The number of anilines is 2.